The van der Waals surface area contributed by atoms with Gasteiger partial charge >= 0.3 is 11.9 Å². The Morgan fingerprint density at radius 1 is 1.58 bits per heavy atom. The number of nitrogens with zero attached hydrogens (tertiary/aromatic N) is 1. The molecule has 1 amide bonds. The highest BCUT2D eigenvalue weighted by Gasteiger charge is 2.18. The van der Waals surface area contributed by atoms with Gasteiger partial charge in [-0.3, -0.25) is 4.79 Å². The van der Waals surface area contributed by atoms with E-state index in [2.05, 4.69) is 5.92 Å². The highest BCUT2D eigenvalue weighted by atomic mass is 16.4. The van der Waals surface area contributed by atoms with Gasteiger partial charge in [0.1, 0.15) is 0 Å². The van der Waals surface area contributed by atoms with Crippen molar-refractivity contribution in [2.75, 3.05) is 13.1 Å². The number of carbonyl (C=O) groups excluding carboxylic acids is 1. The lowest BCUT2D eigenvalue weighted by molar-refractivity contribution is -0.155. The first-order valence-corrected chi connectivity index (χ1v) is 3.59. The lowest BCUT2D eigenvalue weighted by Crippen LogP contribution is -2.37. The number of hydrogen-bond donors (Lipinski definition) is 1. The molecule has 0 saturated carbocycles. The second-order valence-electron chi connectivity index (χ2n) is 2.24. The van der Waals surface area contributed by atoms with Crippen molar-refractivity contribution in [3.8, 4) is 12.3 Å². The summed E-state index contributed by atoms with van der Waals surface area (Å²) in [5.41, 5.74) is 0. The molecule has 4 heteroatoms. The second kappa shape index (κ2) is 5.19. The number of carboxylic acids is 1. The molecule has 0 aromatic carbocycles. The number of carbonyl (C=O) groups is 2. The monoisotopic (exact) mass is 169 g/mol. The summed E-state index contributed by atoms with van der Waals surface area (Å²) in [5.74, 6) is -0.165. The predicted molar refractivity (Wildman–Crippen MR) is 43.3 cm³/mol. The molecule has 0 aromatic rings. The van der Waals surface area contributed by atoms with Crippen molar-refractivity contribution in [2.45, 2.75) is 13.3 Å². The van der Waals surface area contributed by atoms with Gasteiger partial charge in [-0.25, -0.2) is 4.79 Å². The summed E-state index contributed by atoms with van der Waals surface area (Å²) in [6.07, 6.45) is 5.66. The lowest BCUT2D eigenvalue weighted by Gasteiger charge is -2.15. The Kier molecular flexibility index (Phi) is 4.54. The van der Waals surface area contributed by atoms with Gasteiger partial charge in [0, 0.05) is 6.54 Å². The third-order valence-corrected chi connectivity index (χ3v) is 1.25. The summed E-state index contributed by atoms with van der Waals surface area (Å²) in [6, 6.07) is 0. The Morgan fingerprint density at radius 2 is 2.17 bits per heavy atom. The highest BCUT2D eigenvalue weighted by molar-refractivity contribution is 6.31. The molecule has 4 nitrogen and oxygen atoms in total. The smallest absolute Gasteiger partial charge is 0.394 e. The van der Waals surface area contributed by atoms with Gasteiger partial charge in [-0.1, -0.05) is 12.8 Å². The van der Waals surface area contributed by atoms with Gasteiger partial charge < -0.3 is 10.0 Å². The van der Waals surface area contributed by atoms with Crippen LogP contribution in [0, 0.1) is 12.3 Å². The molecule has 0 rings (SSSR count). The van der Waals surface area contributed by atoms with Crippen LogP contribution in [0.2, 0.25) is 0 Å². The maximum absolute atomic E-state index is 10.9. The molecule has 66 valence electrons. The van der Waals surface area contributed by atoms with E-state index in [1.807, 2.05) is 6.92 Å². The van der Waals surface area contributed by atoms with E-state index >= 15 is 0 Å². The van der Waals surface area contributed by atoms with Crippen LogP contribution in [0.15, 0.2) is 0 Å². The van der Waals surface area contributed by atoms with E-state index < -0.39 is 11.9 Å². The number of aliphatic carboxylic acids is 1. The fourth-order valence-corrected chi connectivity index (χ4v) is 0.768. The first kappa shape index (κ1) is 10.5. The van der Waals surface area contributed by atoms with Crippen molar-refractivity contribution < 1.29 is 14.7 Å². The zero-order valence-electron chi connectivity index (χ0n) is 6.91. The van der Waals surface area contributed by atoms with Gasteiger partial charge in [-0.15, -0.1) is 6.42 Å². The zero-order chi connectivity index (χ0) is 9.56. The van der Waals surface area contributed by atoms with E-state index in [4.69, 9.17) is 11.5 Å². The molecule has 0 bridgehead atoms. The normalized spacial score (nSPS) is 8.67. The van der Waals surface area contributed by atoms with Gasteiger partial charge in [0.25, 0.3) is 0 Å². The molecule has 0 saturated heterocycles. The Bertz CT molecular complexity index is 217. The fourth-order valence-electron chi connectivity index (χ4n) is 0.768. The van der Waals surface area contributed by atoms with Crippen molar-refractivity contribution in [2.24, 2.45) is 0 Å². The molecule has 0 fully saturated rings. The van der Waals surface area contributed by atoms with Crippen LogP contribution >= 0.6 is 0 Å². The summed E-state index contributed by atoms with van der Waals surface area (Å²) in [6.45, 7) is 2.28. The highest BCUT2D eigenvalue weighted by Crippen LogP contribution is 1.91. The number of terminal acetylenes is 1. The third-order valence-electron chi connectivity index (χ3n) is 1.25. The minimum absolute atomic E-state index is 0.0545. The number of rotatable bonds is 3. The fraction of sp³-hybridized carbons (Fsp3) is 0.500. The predicted octanol–water partition coefficient (Wildman–Crippen LogP) is -0.0572. The minimum Gasteiger partial charge on any atom is -0.474 e. The van der Waals surface area contributed by atoms with Gasteiger partial charge in [0.05, 0.1) is 6.54 Å². The van der Waals surface area contributed by atoms with Gasteiger partial charge in [-0.2, -0.15) is 0 Å². The third kappa shape index (κ3) is 3.06. The average molecular weight is 169 g/mol. The Hall–Kier alpha value is -1.50. The largest absolute Gasteiger partial charge is 0.474 e. The molecule has 0 aromatic heterocycles. The van der Waals surface area contributed by atoms with Crippen LogP contribution in [0.5, 0.6) is 0 Å². The SMILES string of the molecule is C#CCN(CCC)C(=O)C(=O)O. The molecular formula is C8H11NO3. The molecule has 1 N–H and O–H groups in total. The second-order valence-corrected chi connectivity index (χ2v) is 2.24. The molecule has 0 radical (unpaired) electrons. The van der Waals surface area contributed by atoms with E-state index in [0.29, 0.717) is 13.0 Å². The first-order chi connectivity index (χ1) is 5.63. The van der Waals surface area contributed by atoms with Crippen LogP contribution < -0.4 is 0 Å². The molecule has 0 unspecified atom stereocenters. The van der Waals surface area contributed by atoms with Gasteiger partial charge in [-0.05, 0) is 6.42 Å². The Balaban J connectivity index is 4.20. The molecule has 0 heterocycles. The van der Waals surface area contributed by atoms with Crippen LogP contribution in [0.3, 0.4) is 0 Å². The molecule has 0 aliphatic carbocycles. The van der Waals surface area contributed by atoms with Crippen LogP contribution in [-0.4, -0.2) is 35.0 Å². The lowest BCUT2D eigenvalue weighted by atomic mass is 10.4. The van der Waals surface area contributed by atoms with E-state index in [9.17, 15) is 9.59 Å². The summed E-state index contributed by atoms with van der Waals surface area (Å²) in [4.78, 5) is 22.2. The van der Waals surface area contributed by atoms with Gasteiger partial charge in [0.2, 0.25) is 0 Å². The van der Waals surface area contributed by atoms with Crippen LogP contribution in [0.4, 0.5) is 0 Å². The standard InChI is InChI=1S/C8H11NO3/c1-3-5-9(6-4-2)7(10)8(11)12/h1H,4-6H2,2H3,(H,11,12). The number of amides is 1. The summed E-state index contributed by atoms with van der Waals surface area (Å²) >= 11 is 0. The number of hydrogen-bond acceptors (Lipinski definition) is 2. The molecule has 0 aliphatic heterocycles. The molecule has 0 atom stereocenters. The van der Waals surface area contributed by atoms with Crippen molar-refractivity contribution in [1.82, 2.24) is 4.90 Å². The molecular weight excluding hydrogens is 158 g/mol. The van der Waals surface area contributed by atoms with Crippen molar-refractivity contribution in [3.05, 3.63) is 0 Å². The summed E-state index contributed by atoms with van der Waals surface area (Å²) in [5, 5.41) is 8.35. The van der Waals surface area contributed by atoms with Gasteiger partial charge in [0.15, 0.2) is 0 Å². The topological polar surface area (TPSA) is 57.6 Å². The minimum atomic E-state index is -1.46. The van der Waals surface area contributed by atoms with Crippen LogP contribution in [0.1, 0.15) is 13.3 Å². The van der Waals surface area contributed by atoms with E-state index in [1.54, 1.807) is 0 Å². The maximum atomic E-state index is 10.9. The van der Waals surface area contributed by atoms with Crippen molar-refractivity contribution in [1.29, 1.82) is 0 Å². The quantitative estimate of drug-likeness (QED) is 0.475. The first-order valence-electron chi connectivity index (χ1n) is 3.59. The molecule has 12 heavy (non-hydrogen) atoms. The summed E-state index contributed by atoms with van der Waals surface area (Å²) < 4.78 is 0. The van der Waals surface area contributed by atoms with Crippen molar-refractivity contribution in [3.63, 3.8) is 0 Å². The van der Waals surface area contributed by atoms with E-state index in [0.717, 1.165) is 4.90 Å². The Morgan fingerprint density at radius 3 is 2.50 bits per heavy atom. The maximum Gasteiger partial charge on any atom is 0.394 e. The van der Waals surface area contributed by atoms with Crippen LogP contribution in [0.25, 0.3) is 0 Å². The zero-order valence-corrected chi connectivity index (χ0v) is 6.91. The molecule has 0 aliphatic rings. The van der Waals surface area contributed by atoms with Crippen molar-refractivity contribution >= 4 is 11.9 Å². The number of carboxylic acid groups (broad SMARTS) is 1. The average Bonchev–Trinajstić information content (AvgIpc) is 2.03. The Labute approximate surface area is 71.2 Å². The summed E-state index contributed by atoms with van der Waals surface area (Å²) in [7, 11) is 0. The van der Waals surface area contributed by atoms with Crippen LogP contribution in [-0.2, 0) is 9.59 Å². The van der Waals surface area contributed by atoms with E-state index in [1.165, 1.54) is 0 Å². The molecule has 0 spiro atoms. The van der Waals surface area contributed by atoms with E-state index in [-0.39, 0.29) is 6.54 Å².